The van der Waals surface area contributed by atoms with E-state index < -0.39 is 0 Å². The molecule has 1 aliphatic carbocycles. The fraction of sp³-hybridized carbons (Fsp3) is 1.00. The number of nitrogens with one attached hydrogen (secondary N) is 1. The Balaban J connectivity index is 2.25. The molecule has 0 aromatic heterocycles. The molecule has 0 amide bonds. The quantitative estimate of drug-likeness (QED) is 0.636. The lowest BCUT2D eigenvalue weighted by Crippen LogP contribution is -2.43. The predicted molar refractivity (Wildman–Crippen MR) is 68.2 cm³/mol. The van der Waals surface area contributed by atoms with Crippen molar-refractivity contribution in [2.24, 2.45) is 5.41 Å². The van der Waals surface area contributed by atoms with Crippen LogP contribution in [0.2, 0.25) is 0 Å². The lowest BCUT2D eigenvalue weighted by atomic mass is 9.67. The van der Waals surface area contributed by atoms with E-state index in [1.165, 1.54) is 57.9 Å². The van der Waals surface area contributed by atoms with Crippen LogP contribution in [-0.4, -0.2) is 12.6 Å². The van der Waals surface area contributed by atoms with Crippen molar-refractivity contribution in [2.75, 3.05) is 6.54 Å². The number of hydrogen-bond acceptors (Lipinski definition) is 1. The Bertz CT molecular complexity index is 149. The summed E-state index contributed by atoms with van der Waals surface area (Å²) in [7, 11) is 0. The topological polar surface area (TPSA) is 12.0 Å². The SMILES string of the molecule is CCCC(CCC)NCC1(CC)CCC1. The molecular weight excluding hydrogens is 182 g/mol. The summed E-state index contributed by atoms with van der Waals surface area (Å²) in [5.41, 5.74) is 0.680. The zero-order chi connectivity index (χ0) is 11.1. The Kier molecular flexibility index (Phi) is 5.66. The average molecular weight is 211 g/mol. The van der Waals surface area contributed by atoms with Crippen LogP contribution < -0.4 is 5.32 Å². The van der Waals surface area contributed by atoms with Crippen molar-refractivity contribution in [1.29, 1.82) is 0 Å². The maximum Gasteiger partial charge on any atom is 0.00670 e. The third-order valence-electron chi connectivity index (χ3n) is 4.20. The van der Waals surface area contributed by atoms with Crippen LogP contribution in [0.4, 0.5) is 0 Å². The van der Waals surface area contributed by atoms with Crippen LogP contribution >= 0.6 is 0 Å². The first kappa shape index (κ1) is 13.0. The van der Waals surface area contributed by atoms with E-state index in [0.717, 1.165) is 6.04 Å². The van der Waals surface area contributed by atoms with E-state index in [0.29, 0.717) is 5.41 Å². The van der Waals surface area contributed by atoms with Crippen LogP contribution in [0.25, 0.3) is 0 Å². The van der Waals surface area contributed by atoms with Crippen LogP contribution in [-0.2, 0) is 0 Å². The average Bonchev–Trinajstić information content (AvgIpc) is 2.17. The third kappa shape index (κ3) is 3.79. The van der Waals surface area contributed by atoms with Crippen molar-refractivity contribution in [3.8, 4) is 0 Å². The van der Waals surface area contributed by atoms with Gasteiger partial charge in [-0.15, -0.1) is 0 Å². The highest BCUT2D eigenvalue weighted by Gasteiger charge is 2.34. The number of hydrogen-bond donors (Lipinski definition) is 1. The van der Waals surface area contributed by atoms with Gasteiger partial charge in [-0.05, 0) is 37.5 Å². The zero-order valence-corrected chi connectivity index (χ0v) is 10.9. The van der Waals surface area contributed by atoms with Gasteiger partial charge in [0, 0.05) is 12.6 Å². The first-order valence-electron chi connectivity index (χ1n) is 6.99. The molecule has 1 rings (SSSR count). The molecular formula is C14H29N. The maximum absolute atomic E-state index is 3.82. The molecule has 0 spiro atoms. The summed E-state index contributed by atoms with van der Waals surface area (Å²) in [5.74, 6) is 0. The van der Waals surface area contributed by atoms with Crippen molar-refractivity contribution in [3.05, 3.63) is 0 Å². The molecule has 1 nitrogen and oxygen atoms in total. The van der Waals surface area contributed by atoms with Gasteiger partial charge in [0.1, 0.15) is 0 Å². The van der Waals surface area contributed by atoms with Crippen LogP contribution in [0.3, 0.4) is 0 Å². The highest BCUT2D eigenvalue weighted by atomic mass is 14.9. The lowest BCUT2D eigenvalue weighted by molar-refractivity contribution is 0.117. The number of rotatable bonds is 8. The van der Waals surface area contributed by atoms with Gasteiger partial charge in [0.05, 0.1) is 0 Å². The summed E-state index contributed by atoms with van der Waals surface area (Å²) >= 11 is 0. The van der Waals surface area contributed by atoms with Crippen LogP contribution in [0.1, 0.15) is 72.1 Å². The standard InChI is InChI=1S/C14H29N/c1-4-8-13(9-5-2)15-12-14(6-3)10-7-11-14/h13,15H,4-12H2,1-3H3. The predicted octanol–water partition coefficient (Wildman–Crippen LogP) is 4.13. The first-order valence-corrected chi connectivity index (χ1v) is 6.99. The van der Waals surface area contributed by atoms with Gasteiger partial charge >= 0.3 is 0 Å². The van der Waals surface area contributed by atoms with E-state index in [9.17, 15) is 0 Å². The fourth-order valence-corrected chi connectivity index (χ4v) is 2.74. The van der Waals surface area contributed by atoms with E-state index in [1.807, 2.05) is 0 Å². The monoisotopic (exact) mass is 211 g/mol. The summed E-state index contributed by atoms with van der Waals surface area (Å²) in [6.45, 7) is 8.22. The molecule has 90 valence electrons. The van der Waals surface area contributed by atoms with E-state index in [-0.39, 0.29) is 0 Å². The van der Waals surface area contributed by atoms with Gasteiger partial charge in [0.2, 0.25) is 0 Å². The molecule has 0 aliphatic heterocycles. The Hall–Kier alpha value is -0.0400. The second kappa shape index (κ2) is 6.52. The van der Waals surface area contributed by atoms with Crippen molar-refractivity contribution in [3.63, 3.8) is 0 Å². The molecule has 0 aromatic rings. The van der Waals surface area contributed by atoms with Crippen LogP contribution in [0.15, 0.2) is 0 Å². The minimum atomic E-state index is 0.680. The third-order valence-corrected chi connectivity index (χ3v) is 4.20. The molecule has 0 heterocycles. The highest BCUT2D eigenvalue weighted by Crippen LogP contribution is 2.43. The molecule has 1 saturated carbocycles. The normalized spacial score (nSPS) is 19.2. The van der Waals surface area contributed by atoms with Crippen molar-refractivity contribution in [1.82, 2.24) is 5.32 Å². The molecule has 1 heteroatoms. The summed E-state index contributed by atoms with van der Waals surface area (Å²) in [6, 6.07) is 0.782. The Labute approximate surface area is 96.0 Å². The molecule has 1 N–H and O–H groups in total. The van der Waals surface area contributed by atoms with Gasteiger partial charge in [-0.2, -0.15) is 0 Å². The first-order chi connectivity index (χ1) is 7.26. The van der Waals surface area contributed by atoms with Crippen LogP contribution in [0, 0.1) is 5.41 Å². The van der Waals surface area contributed by atoms with Gasteiger partial charge < -0.3 is 5.32 Å². The van der Waals surface area contributed by atoms with E-state index in [1.54, 1.807) is 0 Å². The van der Waals surface area contributed by atoms with E-state index >= 15 is 0 Å². The summed E-state index contributed by atoms with van der Waals surface area (Å²) in [6.07, 6.45) is 11.1. The largest absolute Gasteiger partial charge is 0.313 e. The van der Waals surface area contributed by atoms with Crippen molar-refractivity contribution in [2.45, 2.75) is 78.2 Å². The maximum atomic E-state index is 3.82. The van der Waals surface area contributed by atoms with Gasteiger partial charge in [-0.1, -0.05) is 40.0 Å². The summed E-state index contributed by atoms with van der Waals surface area (Å²) in [4.78, 5) is 0. The second-order valence-corrected chi connectivity index (χ2v) is 5.36. The molecule has 0 aromatic carbocycles. The van der Waals surface area contributed by atoms with Gasteiger partial charge in [-0.3, -0.25) is 0 Å². The summed E-state index contributed by atoms with van der Waals surface area (Å²) < 4.78 is 0. The molecule has 15 heavy (non-hydrogen) atoms. The highest BCUT2D eigenvalue weighted by molar-refractivity contribution is 4.89. The van der Waals surface area contributed by atoms with Crippen molar-refractivity contribution >= 4 is 0 Å². The van der Waals surface area contributed by atoms with Gasteiger partial charge in [0.15, 0.2) is 0 Å². The smallest absolute Gasteiger partial charge is 0.00670 e. The zero-order valence-electron chi connectivity index (χ0n) is 10.9. The van der Waals surface area contributed by atoms with Gasteiger partial charge in [-0.25, -0.2) is 0 Å². The second-order valence-electron chi connectivity index (χ2n) is 5.36. The van der Waals surface area contributed by atoms with Crippen molar-refractivity contribution < 1.29 is 0 Å². The van der Waals surface area contributed by atoms with Gasteiger partial charge in [0.25, 0.3) is 0 Å². The summed E-state index contributed by atoms with van der Waals surface area (Å²) in [5, 5.41) is 3.82. The molecule has 0 unspecified atom stereocenters. The van der Waals surface area contributed by atoms with E-state index in [4.69, 9.17) is 0 Å². The Morgan fingerprint density at radius 2 is 1.67 bits per heavy atom. The lowest BCUT2D eigenvalue weighted by Gasteiger charge is -2.42. The molecule has 0 saturated heterocycles. The molecule has 0 atom stereocenters. The van der Waals surface area contributed by atoms with Crippen LogP contribution in [0.5, 0.6) is 0 Å². The molecule has 0 bridgehead atoms. The molecule has 1 fully saturated rings. The minimum Gasteiger partial charge on any atom is -0.313 e. The minimum absolute atomic E-state index is 0.680. The Morgan fingerprint density at radius 3 is 2.00 bits per heavy atom. The Morgan fingerprint density at radius 1 is 1.07 bits per heavy atom. The molecule has 1 aliphatic rings. The van der Waals surface area contributed by atoms with E-state index in [2.05, 4.69) is 26.1 Å². The molecule has 0 radical (unpaired) electrons. The fourth-order valence-electron chi connectivity index (χ4n) is 2.74.